The number of Topliss-reactive ketones (excluding diaryl/α,β-unsaturated/α-hetero) is 1. The van der Waals surface area contributed by atoms with Gasteiger partial charge in [-0.25, -0.2) is 0 Å². The summed E-state index contributed by atoms with van der Waals surface area (Å²) in [6, 6.07) is 0. The molecule has 0 spiro atoms. The lowest BCUT2D eigenvalue weighted by atomic mass is 9.76. The van der Waals surface area contributed by atoms with Crippen LogP contribution in [0.25, 0.3) is 0 Å². The summed E-state index contributed by atoms with van der Waals surface area (Å²) >= 11 is 0. The van der Waals surface area contributed by atoms with Crippen LogP contribution in [0.5, 0.6) is 5.75 Å². The maximum atomic E-state index is 13.0. The Kier molecular flexibility index (Phi) is 4.48. The number of hydrogen-bond donors (Lipinski definition) is 0. The lowest BCUT2D eigenvalue weighted by Crippen LogP contribution is -2.44. The summed E-state index contributed by atoms with van der Waals surface area (Å²) in [6.07, 6.45) is 5.17. The molecule has 0 bridgehead atoms. The fraction of sp³-hybridized carbons (Fsp3) is 0.733. The van der Waals surface area contributed by atoms with Gasteiger partial charge in [0, 0.05) is 13.7 Å². The molecule has 0 N–H and O–H groups in total. The van der Waals surface area contributed by atoms with Crippen LogP contribution in [0.3, 0.4) is 0 Å². The van der Waals surface area contributed by atoms with Crippen LogP contribution in [0, 0.1) is 5.92 Å². The van der Waals surface area contributed by atoms with Crippen LogP contribution in [0.2, 0.25) is 0 Å². The minimum absolute atomic E-state index is 0.00287. The zero-order valence-electron chi connectivity index (χ0n) is 12.8. The molecule has 2 rings (SSSR count). The van der Waals surface area contributed by atoms with Crippen molar-refractivity contribution in [3.05, 3.63) is 11.9 Å². The smallest absolute Gasteiger partial charge is 0.216 e. The molecule has 1 aliphatic carbocycles. The highest BCUT2D eigenvalue weighted by Gasteiger charge is 2.44. The maximum Gasteiger partial charge on any atom is 0.216 e. The van der Waals surface area contributed by atoms with E-state index >= 15 is 0 Å². The number of methoxy groups -OCH3 is 2. The number of aryl methyl sites for hydroxylation is 1. The van der Waals surface area contributed by atoms with Crippen LogP contribution in [-0.2, 0) is 11.3 Å². The van der Waals surface area contributed by atoms with E-state index < -0.39 is 5.60 Å². The summed E-state index contributed by atoms with van der Waals surface area (Å²) in [5, 5.41) is 4.22. The molecule has 1 fully saturated rings. The Hall–Kier alpha value is -1.36. The van der Waals surface area contributed by atoms with E-state index in [9.17, 15) is 4.79 Å². The fourth-order valence-corrected chi connectivity index (χ4v) is 2.95. The molecule has 1 aromatic heterocycles. The van der Waals surface area contributed by atoms with Gasteiger partial charge >= 0.3 is 0 Å². The number of hydrogen-bond acceptors (Lipinski definition) is 4. The van der Waals surface area contributed by atoms with Crippen molar-refractivity contribution in [1.82, 2.24) is 9.78 Å². The average Bonchev–Trinajstić information content (AvgIpc) is 2.90. The van der Waals surface area contributed by atoms with Gasteiger partial charge in [-0.2, -0.15) is 5.10 Å². The van der Waals surface area contributed by atoms with Gasteiger partial charge < -0.3 is 9.47 Å². The average molecular weight is 280 g/mol. The Morgan fingerprint density at radius 3 is 2.60 bits per heavy atom. The van der Waals surface area contributed by atoms with Crippen LogP contribution in [-0.4, -0.2) is 35.4 Å². The van der Waals surface area contributed by atoms with Crippen molar-refractivity contribution < 1.29 is 14.3 Å². The van der Waals surface area contributed by atoms with Crippen LogP contribution in [0.15, 0.2) is 6.20 Å². The SMILES string of the molecule is CCn1ncc(OC)c1C(=O)C1(OC)CCC(C)CC1. The number of ketones is 1. The quantitative estimate of drug-likeness (QED) is 0.778. The van der Waals surface area contributed by atoms with E-state index in [1.54, 1.807) is 25.1 Å². The standard InChI is InChI=1S/C15H24N2O3/c1-5-17-13(12(19-3)10-16-17)14(18)15(20-4)8-6-11(2)7-9-15/h10-11H,5-9H2,1-4H3. The van der Waals surface area contributed by atoms with E-state index in [4.69, 9.17) is 9.47 Å². The predicted octanol–water partition coefficient (Wildman–Crippen LogP) is 2.69. The summed E-state index contributed by atoms with van der Waals surface area (Å²) in [4.78, 5) is 13.0. The first kappa shape index (κ1) is 15.0. The first-order valence-electron chi connectivity index (χ1n) is 7.27. The van der Waals surface area contributed by atoms with Gasteiger partial charge in [0.1, 0.15) is 11.3 Å². The predicted molar refractivity (Wildman–Crippen MR) is 76.2 cm³/mol. The molecule has 0 amide bonds. The third-order valence-corrected chi connectivity index (χ3v) is 4.43. The highest BCUT2D eigenvalue weighted by molar-refractivity contribution is 6.03. The molecule has 0 unspecified atom stereocenters. The molecule has 5 nitrogen and oxygen atoms in total. The monoisotopic (exact) mass is 280 g/mol. The largest absolute Gasteiger partial charge is 0.493 e. The Bertz CT molecular complexity index is 452. The number of aromatic nitrogens is 2. The molecule has 112 valence electrons. The fourth-order valence-electron chi connectivity index (χ4n) is 2.95. The lowest BCUT2D eigenvalue weighted by molar-refractivity contribution is -0.0271. The van der Waals surface area contributed by atoms with Gasteiger partial charge in [0.05, 0.1) is 13.3 Å². The lowest BCUT2D eigenvalue weighted by Gasteiger charge is -2.36. The zero-order chi connectivity index (χ0) is 14.8. The minimum Gasteiger partial charge on any atom is -0.493 e. The number of carbonyl (C=O) groups is 1. The van der Waals surface area contributed by atoms with E-state index in [1.165, 1.54) is 0 Å². The van der Waals surface area contributed by atoms with Crippen molar-refractivity contribution >= 4 is 5.78 Å². The summed E-state index contributed by atoms with van der Waals surface area (Å²) in [5.41, 5.74) is -0.182. The van der Waals surface area contributed by atoms with Crippen LogP contribution >= 0.6 is 0 Å². The maximum absolute atomic E-state index is 13.0. The first-order valence-corrected chi connectivity index (χ1v) is 7.27. The molecule has 0 atom stereocenters. The van der Waals surface area contributed by atoms with Crippen molar-refractivity contribution in [2.45, 2.75) is 51.7 Å². The highest BCUT2D eigenvalue weighted by atomic mass is 16.5. The van der Waals surface area contributed by atoms with Gasteiger partial charge in [-0.15, -0.1) is 0 Å². The molecule has 1 aliphatic rings. The van der Waals surface area contributed by atoms with Gasteiger partial charge in [-0.05, 0) is 38.5 Å². The third-order valence-electron chi connectivity index (χ3n) is 4.43. The summed E-state index contributed by atoms with van der Waals surface area (Å²) in [7, 11) is 3.20. The molecule has 0 radical (unpaired) electrons. The Balaban J connectivity index is 2.36. The number of ether oxygens (including phenoxy) is 2. The van der Waals surface area contributed by atoms with Crippen molar-refractivity contribution in [3.63, 3.8) is 0 Å². The summed E-state index contributed by atoms with van der Waals surface area (Å²) in [6.45, 7) is 4.83. The molecule has 1 aromatic rings. The van der Waals surface area contributed by atoms with Gasteiger partial charge in [-0.1, -0.05) is 6.92 Å². The van der Waals surface area contributed by atoms with Crippen LogP contribution in [0.4, 0.5) is 0 Å². The Labute approximate surface area is 120 Å². The second-order valence-corrected chi connectivity index (χ2v) is 5.59. The van der Waals surface area contributed by atoms with Gasteiger partial charge in [0.2, 0.25) is 5.78 Å². The molecular formula is C15H24N2O3. The van der Waals surface area contributed by atoms with Gasteiger partial charge in [0.15, 0.2) is 5.75 Å². The molecular weight excluding hydrogens is 256 g/mol. The Morgan fingerprint density at radius 2 is 2.10 bits per heavy atom. The zero-order valence-corrected chi connectivity index (χ0v) is 12.8. The molecule has 1 heterocycles. The summed E-state index contributed by atoms with van der Waals surface area (Å²) in [5.74, 6) is 1.19. The van der Waals surface area contributed by atoms with E-state index in [0.717, 1.165) is 25.7 Å². The van der Waals surface area contributed by atoms with Crippen molar-refractivity contribution in [2.75, 3.05) is 14.2 Å². The van der Waals surface area contributed by atoms with Gasteiger partial charge in [0.25, 0.3) is 0 Å². The second-order valence-electron chi connectivity index (χ2n) is 5.59. The van der Waals surface area contributed by atoms with Crippen LogP contribution < -0.4 is 4.74 Å². The molecule has 0 aliphatic heterocycles. The van der Waals surface area contributed by atoms with E-state index in [0.29, 0.717) is 23.9 Å². The molecule has 20 heavy (non-hydrogen) atoms. The molecule has 0 saturated heterocycles. The number of nitrogens with zero attached hydrogens (tertiary/aromatic N) is 2. The third kappa shape index (κ3) is 2.46. The van der Waals surface area contributed by atoms with E-state index in [1.807, 2.05) is 6.92 Å². The van der Waals surface area contributed by atoms with E-state index in [2.05, 4.69) is 12.0 Å². The Morgan fingerprint density at radius 1 is 1.45 bits per heavy atom. The van der Waals surface area contributed by atoms with Gasteiger partial charge in [-0.3, -0.25) is 9.48 Å². The normalized spacial score (nSPS) is 26.5. The topological polar surface area (TPSA) is 53.4 Å². The highest BCUT2D eigenvalue weighted by Crippen LogP contribution is 2.38. The van der Waals surface area contributed by atoms with Crippen molar-refractivity contribution in [2.24, 2.45) is 5.92 Å². The minimum atomic E-state index is -0.716. The first-order chi connectivity index (χ1) is 9.57. The molecule has 5 heteroatoms. The van der Waals surface area contributed by atoms with E-state index in [-0.39, 0.29) is 5.78 Å². The number of carbonyl (C=O) groups excluding carboxylic acids is 1. The van der Waals surface area contributed by atoms with Crippen molar-refractivity contribution in [3.8, 4) is 5.75 Å². The molecule has 1 saturated carbocycles. The number of rotatable bonds is 5. The molecule has 0 aromatic carbocycles. The second kappa shape index (κ2) is 5.95. The van der Waals surface area contributed by atoms with Crippen LogP contribution in [0.1, 0.15) is 50.0 Å². The van der Waals surface area contributed by atoms with Crippen molar-refractivity contribution in [1.29, 1.82) is 0 Å². The summed E-state index contributed by atoms with van der Waals surface area (Å²) < 4.78 is 12.7.